The number of nitrogens with zero attached hydrogens (tertiary/aromatic N) is 2. The molecule has 0 bridgehead atoms. The summed E-state index contributed by atoms with van der Waals surface area (Å²) < 4.78 is 0. The number of rotatable bonds is 3. The quantitative estimate of drug-likeness (QED) is 0.757. The van der Waals surface area contributed by atoms with Crippen LogP contribution < -0.4 is 5.73 Å². The van der Waals surface area contributed by atoms with Gasteiger partial charge in [-0.1, -0.05) is 0 Å². The van der Waals surface area contributed by atoms with Gasteiger partial charge < -0.3 is 10.6 Å². The Morgan fingerprint density at radius 3 is 2.62 bits per heavy atom. The van der Waals surface area contributed by atoms with E-state index in [9.17, 15) is 4.79 Å². The molecule has 2 rings (SSSR count). The highest BCUT2D eigenvalue weighted by Gasteiger charge is 2.40. The number of hydrogen-bond acceptors (Lipinski definition) is 3. The van der Waals surface area contributed by atoms with Crippen molar-refractivity contribution in [2.24, 2.45) is 5.73 Å². The molecule has 1 amide bonds. The zero-order valence-corrected chi connectivity index (χ0v) is 10.4. The summed E-state index contributed by atoms with van der Waals surface area (Å²) >= 11 is 0. The molecule has 16 heavy (non-hydrogen) atoms. The zero-order chi connectivity index (χ0) is 11.7. The molecule has 2 unspecified atom stereocenters. The minimum absolute atomic E-state index is 0.0347. The van der Waals surface area contributed by atoms with E-state index in [2.05, 4.69) is 11.8 Å². The predicted molar refractivity (Wildman–Crippen MR) is 64.0 cm³/mol. The van der Waals surface area contributed by atoms with Crippen LogP contribution in [0.3, 0.4) is 0 Å². The minimum Gasteiger partial charge on any atom is -0.342 e. The highest BCUT2D eigenvalue weighted by atomic mass is 16.2. The molecule has 92 valence electrons. The van der Waals surface area contributed by atoms with Crippen LogP contribution in [0.5, 0.6) is 0 Å². The van der Waals surface area contributed by atoms with E-state index in [1.165, 1.54) is 12.8 Å². The van der Waals surface area contributed by atoms with Crippen LogP contribution in [0.15, 0.2) is 0 Å². The largest absolute Gasteiger partial charge is 0.342 e. The zero-order valence-electron chi connectivity index (χ0n) is 10.4. The summed E-state index contributed by atoms with van der Waals surface area (Å²) in [6.07, 6.45) is 4.39. The van der Waals surface area contributed by atoms with Crippen molar-refractivity contribution in [3.63, 3.8) is 0 Å². The van der Waals surface area contributed by atoms with Gasteiger partial charge >= 0.3 is 0 Å². The molecule has 1 aliphatic carbocycles. The van der Waals surface area contributed by atoms with E-state index in [4.69, 9.17) is 5.73 Å². The number of amides is 1. The van der Waals surface area contributed by atoms with E-state index in [0.29, 0.717) is 18.6 Å². The third kappa shape index (κ3) is 2.23. The molecule has 1 heterocycles. The fourth-order valence-electron chi connectivity index (χ4n) is 2.57. The molecule has 2 N–H and O–H groups in total. The van der Waals surface area contributed by atoms with Gasteiger partial charge in [-0.25, -0.2) is 0 Å². The molecule has 2 atom stereocenters. The van der Waals surface area contributed by atoms with Crippen molar-refractivity contribution in [1.29, 1.82) is 0 Å². The van der Waals surface area contributed by atoms with Crippen molar-refractivity contribution in [3.05, 3.63) is 0 Å². The Labute approximate surface area is 97.8 Å². The number of likely N-dealkylation sites (N-methyl/N-ethyl adjacent to an activating group) is 1. The van der Waals surface area contributed by atoms with Gasteiger partial charge in [-0.05, 0) is 39.2 Å². The Morgan fingerprint density at radius 2 is 2.06 bits per heavy atom. The number of hydrogen-bond donors (Lipinski definition) is 1. The molecule has 0 spiro atoms. The summed E-state index contributed by atoms with van der Waals surface area (Å²) in [5, 5.41) is 0. The molecule has 1 saturated heterocycles. The van der Waals surface area contributed by atoms with Crippen LogP contribution in [0.1, 0.15) is 32.6 Å². The van der Waals surface area contributed by atoms with Gasteiger partial charge in [0.25, 0.3) is 0 Å². The lowest BCUT2D eigenvalue weighted by molar-refractivity contribution is -0.135. The van der Waals surface area contributed by atoms with E-state index >= 15 is 0 Å². The highest BCUT2D eigenvalue weighted by Crippen LogP contribution is 2.32. The molecular weight excluding hydrogens is 202 g/mol. The van der Waals surface area contributed by atoms with Gasteiger partial charge in [0, 0.05) is 25.7 Å². The van der Waals surface area contributed by atoms with Crippen LogP contribution in [-0.2, 0) is 4.79 Å². The minimum atomic E-state index is 0.0347. The molecular formula is C12H23N3O. The second-order valence-corrected chi connectivity index (χ2v) is 5.15. The van der Waals surface area contributed by atoms with Gasteiger partial charge in [0.2, 0.25) is 5.91 Å². The summed E-state index contributed by atoms with van der Waals surface area (Å²) in [5.74, 6) is 0.266. The van der Waals surface area contributed by atoms with Crippen molar-refractivity contribution in [2.45, 2.75) is 50.7 Å². The van der Waals surface area contributed by atoms with E-state index < -0.39 is 0 Å². The van der Waals surface area contributed by atoms with E-state index in [-0.39, 0.29) is 11.9 Å². The first-order chi connectivity index (χ1) is 7.65. The van der Waals surface area contributed by atoms with Crippen LogP contribution in [0.2, 0.25) is 0 Å². The van der Waals surface area contributed by atoms with Crippen molar-refractivity contribution in [3.8, 4) is 0 Å². The van der Waals surface area contributed by atoms with Gasteiger partial charge in [-0.3, -0.25) is 9.69 Å². The lowest BCUT2D eigenvalue weighted by Crippen LogP contribution is -2.47. The lowest BCUT2D eigenvalue weighted by atomic mass is 10.1. The normalized spacial score (nSPS) is 32.9. The fraction of sp³-hybridized carbons (Fsp3) is 0.917. The van der Waals surface area contributed by atoms with Gasteiger partial charge in [0.05, 0.1) is 6.04 Å². The van der Waals surface area contributed by atoms with Gasteiger partial charge in [0.15, 0.2) is 0 Å². The molecule has 2 aliphatic rings. The summed E-state index contributed by atoms with van der Waals surface area (Å²) in [6.45, 7) is 3.78. The summed E-state index contributed by atoms with van der Waals surface area (Å²) in [5.41, 5.74) is 5.64. The van der Waals surface area contributed by atoms with E-state index in [0.717, 1.165) is 19.4 Å². The molecule has 4 nitrogen and oxygen atoms in total. The first kappa shape index (κ1) is 11.9. The van der Waals surface area contributed by atoms with Crippen molar-refractivity contribution >= 4 is 5.91 Å². The Balaban J connectivity index is 2.14. The predicted octanol–water partition coefficient (Wildman–Crippen LogP) is 0.419. The molecule has 0 aromatic rings. The number of carbonyl (C=O) groups excluding carboxylic acids is 1. The summed E-state index contributed by atoms with van der Waals surface area (Å²) in [4.78, 5) is 16.6. The average molecular weight is 225 g/mol. The van der Waals surface area contributed by atoms with Crippen LogP contribution in [0, 0.1) is 0 Å². The number of carbonyl (C=O) groups is 1. The lowest BCUT2D eigenvalue weighted by Gasteiger charge is -2.29. The molecule has 1 saturated carbocycles. The fourth-order valence-corrected chi connectivity index (χ4v) is 2.57. The second-order valence-electron chi connectivity index (χ2n) is 5.15. The molecule has 1 aliphatic heterocycles. The van der Waals surface area contributed by atoms with E-state index in [1.54, 1.807) is 0 Å². The average Bonchev–Trinajstić information content (AvgIpc) is 3.09. The monoisotopic (exact) mass is 225 g/mol. The third-order valence-corrected chi connectivity index (χ3v) is 3.96. The molecule has 0 aromatic heterocycles. The standard InChI is InChI=1S/C12H23N3O/c1-9-6-8-15(10-3-4-10)11(5-7-13)12(16)14(9)2/h9-11H,3-8,13H2,1-2H3. The Hall–Kier alpha value is -0.610. The van der Waals surface area contributed by atoms with Crippen LogP contribution in [0.25, 0.3) is 0 Å². The maximum Gasteiger partial charge on any atom is 0.239 e. The van der Waals surface area contributed by atoms with Crippen LogP contribution in [0.4, 0.5) is 0 Å². The van der Waals surface area contributed by atoms with Crippen LogP contribution in [-0.4, -0.2) is 54.0 Å². The van der Waals surface area contributed by atoms with Gasteiger partial charge in [-0.2, -0.15) is 0 Å². The van der Waals surface area contributed by atoms with E-state index in [1.807, 2.05) is 11.9 Å². The molecule has 0 aromatic carbocycles. The third-order valence-electron chi connectivity index (χ3n) is 3.96. The highest BCUT2D eigenvalue weighted by molar-refractivity contribution is 5.82. The Kier molecular flexibility index (Phi) is 3.50. The molecule has 4 heteroatoms. The first-order valence-electron chi connectivity index (χ1n) is 6.37. The first-order valence-corrected chi connectivity index (χ1v) is 6.37. The number of nitrogens with two attached hydrogens (primary N) is 1. The van der Waals surface area contributed by atoms with Gasteiger partial charge in [-0.15, -0.1) is 0 Å². The Morgan fingerprint density at radius 1 is 1.38 bits per heavy atom. The van der Waals surface area contributed by atoms with Crippen LogP contribution >= 0.6 is 0 Å². The summed E-state index contributed by atoms with van der Waals surface area (Å²) in [7, 11) is 1.92. The maximum atomic E-state index is 12.3. The van der Waals surface area contributed by atoms with Crippen molar-refractivity contribution in [1.82, 2.24) is 9.80 Å². The Bertz CT molecular complexity index is 265. The maximum absolute atomic E-state index is 12.3. The molecule has 0 radical (unpaired) electrons. The van der Waals surface area contributed by atoms with Crippen molar-refractivity contribution in [2.75, 3.05) is 20.1 Å². The van der Waals surface area contributed by atoms with Crippen molar-refractivity contribution < 1.29 is 4.79 Å². The van der Waals surface area contributed by atoms with Gasteiger partial charge in [0.1, 0.15) is 0 Å². The molecule has 2 fully saturated rings. The second kappa shape index (κ2) is 4.72. The smallest absolute Gasteiger partial charge is 0.239 e. The SMILES string of the molecule is CC1CCN(C2CC2)C(CCN)C(=O)N1C. The topological polar surface area (TPSA) is 49.6 Å². The summed E-state index contributed by atoms with van der Waals surface area (Å²) in [6, 6.07) is 1.04.